The molecule has 0 aromatic rings. The van der Waals surface area contributed by atoms with Gasteiger partial charge in [-0.3, -0.25) is 4.79 Å². The summed E-state index contributed by atoms with van der Waals surface area (Å²) in [6, 6.07) is 0. The minimum Gasteiger partial charge on any atom is -0.350 e. The summed E-state index contributed by atoms with van der Waals surface area (Å²) >= 11 is 0. The van der Waals surface area contributed by atoms with Gasteiger partial charge in [-0.15, -0.1) is 6.58 Å². The SMILES string of the molecule is C=CCNC(=O)[C@@H]([O])C=C. The van der Waals surface area contributed by atoms with E-state index in [2.05, 4.69) is 18.5 Å². The highest BCUT2D eigenvalue weighted by Crippen LogP contribution is 1.83. The Morgan fingerprint density at radius 3 is 2.60 bits per heavy atom. The summed E-state index contributed by atoms with van der Waals surface area (Å²) < 4.78 is 0. The van der Waals surface area contributed by atoms with Gasteiger partial charge in [0.1, 0.15) is 0 Å². The second-order valence-corrected chi connectivity index (χ2v) is 1.69. The van der Waals surface area contributed by atoms with Gasteiger partial charge in [0.05, 0.1) is 0 Å². The maximum absolute atomic E-state index is 10.6. The van der Waals surface area contributed by atoms with Crippen LogP contribution in [0.25, 0.3) is 0 Å². The third kappa shape index (κ3) is 3.04. The first-order valence-electron chi connectivity index (χ1n) is 2.89. The van der Waals surface area contributed by atoms with E-state index in [1.165, 1.54) is 6.08 Å². The van der Waals surface area contributed by atoms with Gasteiger partial charge in [0.25, 0.3) is 5.91 Å². The number of carbonyl (C=O) groups is 1. The zero-order valence-electron chi connectivity index (χ0n) is 5.67. The molecule has 0 unspecified atom stereocenters. The standard InChI is InChI=1S/C7H10NO2/c1-3-5-8-7(10)6(9)4-2/h3-4,6H,1-2,5H2,(H,8,10)/t6-/m0/s1. The average molecular weight is 140 g/mol. The fourth-order valence-electron chi connectivity index (χ4n) is 0.380. The van der Waals surface area contributed by atoms with Gasteiger partial charge in [-0.1, -0.05) is 18.7 Å². The lowest BCUT2D eigenvalue weighted by Crippen LogP contribution is -2.32. The van der Waals surface area contributed by atoms with Gasteiger partial charge in [-0.25, -0.2) is 5.11 Å². The van der Waals surface area contributed by atoms with E-state index in [1.807, 2.05) is 0 Å². The molecule has 3 nitrogen and oxygen atoms in total. The molecule has 55 valence electrons. The number of hydrogen-bond donors (Lipinski definition) is 1. The lowest BCUT2D eigenvalue weighted by atomic mass is 10.3. The van der Waals surface area contributed by atoms with E-state index in [4.69, 9.17) is 0 Å². The van der Waals surface area contributed by atoms with Crippen molar-refractivity contribution < 1.29 is 9.90 Å². The summed E-state index contributed by atoms with van der Waals surface area (Å²) in [5.74, 6) is -0.560. The molecule has 1 amide bonds. The van der Waals surface area contributed by atoms with Crippen LogP contribution in [0.5, 0.6) is 0 Å². The molecule has 0 rings (SSSR count). The van der Waals surface area contributed by atoms with Gasteiger partial charge < -0.3 is 5.32 Å². The minimum atomic E-state index is -1.36. The Kier molecular flexibility index (Phi) is 4.24. The second kappa shape index (κ2) is 4.76. The topological polar surface area (TPSA) is 49.0 Å². The molecule has 0 aliphatic heterocycles. The molecule has 0 fully saturated rings. The van der Waals surface area contributed by atoms with Crippen LogP contribution in [-0.2, 0) is 9.90 Å². The summed E-state index contributed by atoms with van der Waals surface area (Å²) in [5.41, 5.74) is 0. The fourth-order valence-corrected chi connectivity index (χ4v) is 0.380. The van der Waals surface area contributed by atoms with Crippen molar-refractivity contribution in [1.82, 2.24) is 5.32 Å². The van der Waals surface area contributed by atoms with Gasteiger partial charge >= 0.3 is 0 Å². The molecule has 1 atom stereocenters. The highest BCUT2D eigenvalue weighted by Gasteiger charge is 2.09. The predicted octanol–water partition coefficient (Wildman–Crippen LogP) is 0.274. The van der Waals surface area contributed by atoms with Crippen LogP contribution < -0.4 is 5.32 Å². The highest BCUT2D eigenvalue weighted by atomic mass is 16.3. The number of rotatable bonds is 4. The first kappa shape index (κ1) is 8.91. The van der Waals surface area contributed by atoms with E-state index in [9.17, 15) is 9.90 Å². The average Bonchev–Trinajstić information content (AvgIpc) is 1.98. The van der Waals surface area contributed by atoms with Gasteiger partial charge in [0, 0.05) is 6.54 Å². The normalized spacial score (nSPS) is 11.7. The van der Waals surface area contributed by atoms with Crippen molar-refractivity contribution in [1.29, 1.82) is 0 Å². The Morgan fingerprint density at radius 2 is 2.20 bits per heavy atom. The van der Waals surface area contributed by atoms with E-state index in [1.54, 1.807) is 0 Å². The lowest BCUT2D eigenvalue weighted by Gasteiger charge is -2.01. The van der Waals surface area contributed by atoms with Crippen LogP contribution in [0.1, 0.15) is 0 Å². The smallest absolute Gasteiger partial charge is 0.256 e. The quantitative estimate of drug-likeness (QED) is 0.560. The zero-order chi connectivity index (χ0) is 7.98. The molecule has 1 radical (unpaired) electrons. The maximum atomic E-state index is 10.6. The minimum absolute atomic E-state index is 0.325. The van der Waals surface area contributed by atoms with Crippen LogP contribution in [0.15, 0.2) is 25.3 Å². The first-order chi connectivity index (χ1) is 4.72. The molecule has 0 heterocycles. The molecule has 0 saturated carbocycles. The molecular weight excluding hydrogens is 130 g/mol. The van der Waals surface area contributed by atoms with Crippen LogP contribution in [0.2, 0.25) is 0 Å². The predicted molar refractivity (Wildman–Crippen MR) is 37.9 cm³/mol. The van der Waals surface area contributed by atoms with Crippen LogP contribution in [-0.4, -0.2) is 18.6 Å². The third-order valence-corrected chi connectivity index (χ3v) is 0.893. The summed E-state index contributed by atoms with van der Waals surface area (Å²) in [6.45, 7) is 6.89. The number of nitrogens with one attached hydrogen (secondary N) is 1. The van der Waals surface area contributed by atoms with Gasteiger partial charge in [0.15, 0.2) is 6.10 Å². The van der Waals surface area contributed by atoms with Crippen molar-refractivity contribution in [2.75, 3.05) is 6.54 Å². The molecule has 0 aliphatic carbocycles. The number of carbonyl (C=O) groups excluding carboxylic acids is 1. The number of amides is 1. The molecular formula is C7H10NO2. The van der Waals surface area contributed by atoms with Gasteiger partial charge in [-0.2, -0.15) is 0 Å². The van der Waals surface area contributed by atoms with Crippen molar-refractivity contribution in [3.63, 3.8) is 0 Å². The van der Waals surface area contributed by atoms with E-state index >= 15 is 0 Å². The first-order valence-corrected chi connectivity index (χ1v) is 2.89. The van der Waals surface area contributed by atoms with Crippen molar-refractivity contribution in [2.24, 2.45) is 0 Å². The monoisotopic (exact) mass is 140 g/mol. The van der Waals surface area contributed by atoms with E-state index < -0.39 is 12.0 Å². The van der Waals surface area contributed by atoms with E-state index in [-0.39, 0.29) is 0 Å². The molecule has 0 aliphatic rings. The Labute approximate surface area is 60.1 Å². The fraction of sp³-hybridized carbons (Fsp3) is 0.286. The van der Waals surface area contributed by atoms with E-state index in [0.717, 1.165) is 6.08 Å². The molecule has 0 aromatic carbocycles. The third-order valence-electron chi connectivity index (χ3n) is 0.893. The molecule has 1 N–H and O–H groups in total. The lowest BCUT2D eigenvalue weighted by molar-refractivity contribution is -0.129. The van der Waals surface area contributed by atoms with Crippen LogP contribution in [0.4, 0.5) is 0 Å². The second-order valence-electron chi connectivity index (χ2n) is 1.69. The summed E-state index contributed by atoms with van der Waals surface area (Å²) in [4.78, 5) is 10.6. The number of hydrogen-bond acceptors (Lipinski definition) is 1. The van der Waals surface area contributed by atoms with Crippen molar-refractivity contribution >= 4 is 5.91 Å². The maximum Gasteiger partial charge on any atom is 0.256 e. The zero-order valence-corrected chi connectivity index (χ0v) is 5.67. The molecule has 0 aromatic heterocycles. The Balaban J connectivity index is 3.61. The molecule has 3 heteroatoms. The molecule has 0 bridgehead atoms. The largest absolute Gasteiger partial charge is 0.350 e. The summed E-state index contributed by atoms with van der Waals surface area (Å²) in [5, 5.41) is 12.9. The van der Waals surface area contributed by atoms with Crippen molar-refractivity contribution in [2.45, 2.75) is 6.10 Å². The molecule has 0 saturated heterocycles. The molecule has 10 heavy (non-hydrogen) atoms. The van der Waals surface area contributed by atoms with Gasteiger partial charge in [0.2, 0.25) is 0 Å². The van der Waals surface area contributed by atoms with Crippen LogP contribution >= 0.6 is 0 Å². The van der Waals surface area contributed by atoms with E-state index in [0.29, 0.717) is 6.54 Å². The Hall–Kier alpha value is -1.09. The van der Waals surface area contributed by atoms with Gasteiger partial charge in [-0.05, 0) is 0 Å². The summed E-state index contributed by atoms with van der Waals surface area (Å²) in [6.07, 6.45) is 1.20. The highest BCUT2D eigenvalue weighted by molar-refractivity contribution is 5.82. The van der Waals surface area contributed by atoms with Crippen LogP contribution in [0, 0.1) is 0 Å². The van der Waals surface area contributed by atoms with Crippen molar-refractivity contribution in [3.05, 3.63) is 25.3 Å². The Morgan fingerprint density at radius 1 is 1.60 bits per heavy atom. The summed E-state index contributed by atoms with van der Waals surface area (Å²) in [7, 11) is 0. The molecule has 0 spiro atoms. The van der Waals surface area contributed by atoms with Crippen LogP contribution in [0.3, 0.4) is 0 Å². The van der Waals surface area contributed by atoms with Crippen molar-refractivity contribution in [3.8, 4) is 0 Å². The Bertz CT molecular complexity index is 143.